The van der Waals surface area contributed by atoms with Gasteiger partial charge in [-0.2, -0.15) is 0 Å². The number of carbonyl (C=O) groups excluding carboxylic acids is 1. The van der Waals surface area contributed by atoms with Gasteiger partial charge in [-0.15, -0.1) is 11.6 Å². The van der Waals surface area contributed by atoms with Gasteiger partial charge in [0.2, 0.25) is 0 Å². The minimum absolute atomic E-state index is 0.208. The molecule has 94 valence electrons. The van der Waals surface area contributed by atoms with E-state index >= 15 is 0 Å². The number of allylic oxidation sites excluding steroid dienone is 4. The van der Waals surface area contributed by atoms with Crippen molar-refractivity contribution >= 4 is 29.2 Å². The number of esters is 1. The number of carbonyl (C=O) groups is 1. The third-order valence-corrected chi connectivity index (χ3v) is 2.86. The van der Waals surface area contributed by atoms with Crippen molar-refractivity contribution in [3.63, 3.8) is 0 Å². The zero-order valence-corrected chi connectivity index (χ0v) is 10.5. The second kappa shape index (κ2) is 6.21. The van der Waals surface area contributed by atoms with Crippen LogP contribution in [0.1, 0.15) is 0 Å². The molecule has 2 N–H and O–H groups in total. The molecule has 1 rings (SSSR count). The lowest BCUT2D eigenvalue weighted by atomic mass is 10.0. The summed E-state index contributed by atoms with van der Waals surface area (Å²) < 4.78 is 4.33. The molecular formula is C11H12Cl2O4. The Balaban J connectivity index is 2.95. The van der Waals surface area contributed by atoms with E-state index in [0.717, 1.165) is 7.11 Å². The molecule has 0 fully saturated rings. The normalized spacial score (nSPS) is 23.2. The lowest BCUT2D eigenvalue weighted by Gasteiger charge is -2.17. The highest BCUT2D eigenvalue weighted by molar-refractivity contribution is 6.32. The van der Waals surface area contributed by atoms with E-state index in [0.29, 0.717) is 0 Å². The molecule has 0 radical (unpaired) electrons. The number of rotatable bonds is 3. The van der Waals surface area contributed by atoms with Crippen LogP contribution in [-0.2, 0) is 9.53 Å². The molecule has 0 saturated carbocycles. The summed E-state index contributed by atoms with van der Waals surface area (Å²) in [5.41, 5.74) is 0.212. The Bertz CT molecular complexity index is 387. The third-order valence-electron chi connectivity index (χ3n) is 2.22. The number of aliphatic hydroxyl groups excluding tert-OH is 2. The lowest BCUT2D eigenvalue weighted by Crippen LogP contribution is -2.36. The summed E-state index contributed by atoms with van der Waals surface area (Å²) in [6.45, 7) is 0. The molecule has 0 aromatic rings. The maximum atomic E-state index is 11.1. The summed E-state index contributed by atoms with van der Waals surface area (Å²) in [6.07, 6.45) is 3.02. The van der Waals surface area contributed by atoms with E-state index in [-0.39, 0.29) is 16.0 Å². The maximum Gasteiger partial charge on any atom is 0.337 e. The van der Waals surface area contributed by atoms with Crippen LogP contribution in [0.2, 0.25) is 0 Å². The minimum Gasteiger partial charge on any atom is -0.467 e. The molecule has 3 atom stereocenters. The van der Waals surface area contributed by atoms with Gasteiger partial charge in [-0.1, -0.05) is 29.8 Å². The Morgan fingerprint density at radius 2 is 2.00 bits per heavy atom. The summed E-state index contributed by atoms with van der Waals surface area (Å²) in [5.74, 6) is -0.932. The van der Waals surface area contributed by atoms with Gasteiger partial charge in [-0.05, 0) is 6.08 Å². The highest BCUT2D eigenvalue weighted by atomic mass is 35.5. The molecule has 0 amide bonds. The second-order valence-electron chi connectivity index (χ2n) is 3.38. The molecule has 6 heteroatoms. The van der Waals surface area contributed by atoms with Gasteiger partial charge in [0, 0.05) is 10.6 Å². The number of ether oxygens (including phenoxy) is 1. The minimum atomic E-state index is -1.69. The molecule has 3 unspecified atom stereocenters. The molecule has 0 heterocycles. The first-order valence-corrected chi connectivity index (χ1v) is 5.63. The van der Waals surface area contributed by atoms with Crippen LogP contribution in [-0.4, -0.2) is 40.9 Å². The zero-order valence-electron chi connectivity index (χ0n) is 9.01. The van der Waals surface area contributed by atoms with Crippen molar-refractivity contribution in [3.05, 3.63) is 34.9 Å². The van der Waals surface area contributed by atoms with Crippen molar-refractivity contribution in [2.45, 2.75) is 17.6 Å². The summed E-state index contributed by atoms with van der Waals surface area (Å²) in [4.78, 5) is 11.1. The van der Waals surface area contributed by atoms with Crippen LogP contribution in [0.4, 0.5) is 0 Å². The molecule has 0 spiro atoms. The van der Waals surface area contributed by atoms with Crippen LogP contribution in [0, 0.1) is 0 Å². The summed E-state index contributed by atoms with van der Waals surface area (Å²) in [5, 5.41) is 19.2. The standard InChI is InChI=1S/C11H12Cl2O4/c1-17-11(16)10(15)9(14)7-4-2-6(12)3-5-8(7)13/h2-6,9-10,14-15H,1H3. The largest absolute Gasteiger partial charge is 0.467 e. The summed E-state index contributed by atoms with van der Waals surface area (Å²) >= 11 is 11.7. The fraction of sp³-hybridized carbons (Fsp3) is 0.364. The van der Waals surface area contributed by atoms with Crippen molar-refractivity contribution < 1.29 is 19.7 Å². The number of halogens is 2. The Morgan fingerprint density at radius 3 is 2.59 bits per heavy atom. The Hall–Kier alpha value is -0.810. The van der Waals surface area contributed by atoms with Crippen LogP contribution < -0.4 is 0 Å². The van der Waals surface area contributed by atoms with Crippen molar-refractivity contribution in [2.75, 3.05) is 7.11 Å². The quantitative estimate of drug-likeness (QED) is 0.600. The third kappa shape index (κ3) is 3.57. The highest BCUT2D eigenvalue weighted by Gasteiger charge is 2.28. The molecule has 0 aromatic heterocycles. The van der Waals surface area contributed by atoms with E-state index in [4.69, 9.17) is 23.2 Å². The first-order chi connectivity index (χ1) is 7.97. The van der Waals surface area contributed by atoms with Gasteiger partial charge in [0.05, 0.1) is 12.5 Å². The second-order valence-corrected chi connectivity index (χ2v) is 4.29. The SMILES string of the molecule is COC(=O)C(O)C(O)C1=C(Cl)C=CC(Cl)C=C1. The number of hydrogen-bond acceptors (Lipinski definition) is 4. The lowest BCUT2D eigenvalue weighted by molar-refractivity contribution is -0.155. The molecule has 17 heavy (non-hydrogen) atoms. The average molecular weight is 279 g/mol. The molecule has 1 aliphatic carbocycles. The maximum absolute atomic E-state index is 11.1. The first kappa shape index (κ1) is 14.3. The Kier molecular flexibility index (Phi) is 5.21. The van der Waals surface area contributed by atoms with Crippen molar-refractivity contribution in [2.24, 2.45) is 0 Å². The van der Waals surface area contributed by atoms with Gasteiger partial charge in [0.1, 0.15) is 6.10 Å². The van der Waals surface area contributed by atoms with Crippen molar-refractivity contribution in [1.29, 1.82) is 0 Å². The van der Waals surface area contributed by atoms with Gasteiger partial charge in [-0.3, -0.25) is 0 Å². The van der Waals surface area contributed by atoms with Gasteiger partial charge in [0.25, 0.3) is 0 Å². The van der Waals surface area contributed by atoms with E-state index in [9.17, 15) is 15.0 Å². The topological polar surface area (TPSA) is 66.8 Å². The van der Waals surface area contributed by atoms with Crippen LogP contribution >= 0.6 is 23.2 Å². The number of methoxy groups -OCH3 is 1. The summed E-state index contributed by atoms with van der Waals surface area (Å²) in [7, 11) is 1.12. The van der Waals surface area contributed by atoms with Gasteiger partial charge in [-0.25, -0.2) is 4.79 Å². The van der Waals surface area contributed by atoms with Gasteiger partial charge in [0.15, 0.2) is 6.10 Å². The molecular weight excluding hydrogens is 267 g/mol. The molecule has 1 aliphatic rings. The Morgan fingerprint density at radius 1 is 1.41 bits per heavy atom. The smallest absolute Gasteiger partial charge is 0.337 e. The monoisotopic (exact) mass is 278 g/mol. The van der Waals surface area contributed by atoms with Gasteiger partial charge >= 0.3 is 5.97 Å². The Labute approximate surface area is 109 Å². The average Bonchev–Trinajstić information content (AvgIpc) is 2.49. The molecule has 0 saturated heterocycles. The van der Waals surface area contributed by atoms with Crippen molar-refractivity contribution in [3.8, 4) is 0 Å². The summed E-state index contributed by atoms with van der Waals surface area (Å²) in [6, 6.07) is 0. The van der Waals surface area contributed by atoms with Crippen molar-refractivity contribution in [1.82, 2.24) is 0 Å². The number of aliphatic hydroxyl groups is 2. The fourth-order valence-electron chi connectivity index (χ4n) is 1.27. The van der Waals surface area contributed by atoms with E-state index < -0.39 is 18.2 Å². The first-order valence-electron chi connectivity index (χ1n) is 4.81. The fourth-order valence-corrected chi connectivity index (χ4v) is 1.66. The van der Waals surface area contributed by atoms with E-state index in [1.807, 2.05) is 0 Å². The predicted molar refractivity (Wildman–Crippen MR) is 64.8 cm³/mol. The van der Waals surface area contributed by atoms with E-state index in [2.05, 4.69) is 4.74 Å². The van der Waals surface area contributed by atoms with Crippen LogP contribution in [0.5, 0.6) is 0 Å². The molecule has 0 bridgehead atoms. The zero-order chi connectivity index (χ0) is 13.0. The number of alkyl halides is 1. The molecule has 0 aliphatic heterocycles. The van der Waals surface area contributed by atoms with E-state index in [1.54, 1.807) is 12.2 Å². The number of hydrogen-bond donors (Lipinski definition) is 2. The molecule has 0 aromatic carbocycles. The van der Waals surface area contributed by atoms with Crippen LogP contribution in [0.3, 0.4) is 0 Å². The van der Waals surface area contributed by atoms with Crippen LogP contribution in [0.15, 0.2) is 34.9 Å². The predicted octanol–water partition coefficient (Wildman–Crippen LogP) is 1.11. The van der Waals surface area contributed by atoms with E-state index in [1.165, 1.54) is 12.2 Å². The highest BCUT2D eigenvalue weighted by Crippen LogP contribution is 2.23. The van der Waals surface area contributed by atoms with Gasteiger partial charge < -0.3 is 14.9 Å². The molecule has 4 nitrogen and oxygen atoms in total. The van der Waals surface area contributed by atoms with Crippen LogP contribution in [0.25, 0.3) is 0 Å².